The molecule has 0 aliphatic heterocycles. The first-order valence-corrected chi connectivity index (χ1v) is 10.5. The highest BCUT2D eigenvalue weighted by Gasteiger charge is 2.20. The summed E-state index contributed by atoms with van der Waals surface area (Å²) in [5.74, 6) is 1.75. The Kier molecular flexibility index (Phi) is 7.82. The van der Waals surface area contributed by atoms with Crippen molar-refractivity contribution in [2.45, 2.75) is 71.4 Å². The number of rotatable bonds is 9. The molecule has 0 spiro atoms. The minimum atomic E-state index is -0.0464. The van der Waals surface area contributed by atoms with Gasteiger partial charge < -0.3 is 4.90 Å². The van der Waals surface area contributed by atoms with Gasteiger partial charge in [-0.05, 0) is 56.9 Å². The summed E-state index contributed by atoms with van der Waals surface area (Å²) in [6.45, 7) is 12.6. The molecule has 0 radical (unpaired) electrons. The molecule has 0 bridgehead atoms. The van der Waals surface area contributed by atoms with E-state index in [0.717, 1.165) is 49.8 Å². The Morgan fingerprint density at radius 1 is 1.21 bits per heavy atom. The first-order chi connectivity index (χ1) is 11.6. The average molecular weight is 352 g/mol. The van der Waals surface area contributed by atoms with Crippen LogP contribution >= 0.6 is 11.8 Å². The molecular weight excluding hydrogens is 318 g/mol. The van der Waals surface area contributed by atoms with Crippen LogP contribution in [-0.2, 0) is 19.4 Å². The lowest BCUT2D eigenvalue weighted by Crippen LogP contribution is -2.35. The fourth-order valence-corrected chi connectivity index (χ4v) is 4.59. The largest absolute Gasteiger partial charge is 0.348 e. The minimum absolute atomic E-state index is 0.0464. The molecule has 4 nitrogen and oxygen atoms in total. The lowest BCUT2D eigenvalue weighted by Gasteiger charge is -2.25. The third kappa shape index (κ3) is 5.09. The van der Waals surface area contributed by atoms with Crippen molar-refractivity contribution in [1.29, 1.82) is 0 Å². The van der Waals surface area contributed by atoms with Crippen molar-refractivity contribution in [2.75, 3.05) is 25.4 Å². The van der Waals surface area contributed by atoms with E-state index in [-0.39, 0.29) is 5.69 Å². The van der Waals surface area contributed by atoms with Crippen molar-refractivity contribution in [3.8, 4) is 0 Å². The van der Waals surface area contributed by atoms with E-state index in [1.807, 2.05) is 4.57 Å². The Labute approximate surface area is 151 Å². The highest BCUT2D eigenvalue weighted by atomic mass is 32.2. The topological polar surface area (TPSA) is 38.1 Å². The van der Waals surface area contributed by atoms with Crippen LogP contribution in [0.15, 0.2) is 9.82 Å². The minimum Gasteiger partial charge on any atom is -0.302 e. The van der Waals surface area contributed by atoms with Gasteiger partial charge in [-0.3, -0.25) is 4.57 Å². The standard InChI is InChI=1S/C19H33N3OS/c1-5-21(6-2)12-13-22-17-10-8-7-9-16(17)18(20-19(22)23)24-14-11-15(3)4/h15H,5-14H2,1-4H3. The van der Waals surface area contributed by atoms with Crippen LogP contribution in [0, 0.1) is 5.92 Å². The quantitative estimate of drug-likeness (QED) is 0.503. The Morgan fingerprint density at radius 2 is 1.92 bits per heavy atom. The smallest absolute Gasteiger partial charge is 0.302 e. The predicted molar refractivity (Wildman–Crippen MR) is 103 cm³/mol. The van der Waals surface area contributed by atoms with E-state index in [1.165, 1.54) is 30.5 Å². The third-order valence-corrected chi connectivity index (χ3v) is 5.97. The fraction of sp³-hybridized carbons (Fsp3) is 0.789. The second-order valence-corrected chi connectivity index (χ2v) is 8.13. The first-order valence-electron chi connectivity index (χ1n) is 9.54. The lowest BCUT2D eigenvalue weighted by atomic mass is 9.97. The summed E-state index contributed by atoms with van der Waals surface area (Å²) in [4.78, 5) is 19.5. The van der Waals surface area contributed by atoms with Gasteiger partial charge in [0.2, 0.25) is 0 Å². The van der Waals surface area contributed by atoms with E-state index in [9.17, 15) is 4.79 Å². The van der Waals surface area contributed by atoms with Crippen molar-refractivity contribution in [2.24, 2.45) is 5.92 Å². The van der Waals surface area contributed by atoms with E-state index >= 15 is 0 Å². The fourth-order valence-electron chi connectivity index (χ4n) is 3.27. The molecule has 2 rings (SSSR count). The van der Waals surface area contributed by atoms with Crippen molar-refractivity contribution in [1.82, 2.24) is 14.5 Å². The molecule has 0 saturated carbocycles. The molecule has 1 aliphatic rings. The summed E-state index contributed by atoms with van der Waals surface area (Å²) in [6.07, 6.45) is 5.70. The second-order valence-electron chi connectivity index (χ2n) is 7.04. The van der Waals surface area contributed by atoms with Crippen LogP contribution in [0.4, 0.5) is 0 Å². The van der Waals surface area contributed by atoms with Crippen molar-refractivity contribution >= 4 is 11.8 Å². The Morgan fingerprint density at radius 3 is 2.58 bits per heavy atom. The number of fused-ring (bicyclic) bond motifs is 1. The summed E-state index contributed by atoms with van der Waals surface area (Å²) in [6, 6.07) is 0. The maximum atomic E-state index is 12.6. The highest BCUT2D eigenvalue weighted by molar-refractivity contribution is 7.99. The number of hydrogen-bond acceptors (Lipinski definition) is 4. The van der Waals surface area contributed by atoms with Crippen LogP contribution < -0.4 is 5.69 Å². The van der Waals surface area contributed by atoms with Gasteiger partial charge >= 0.3 is 5.69 Å². The first kappa shape index (κ1) is 19.5. The molecular formula is C19H33N3OS. The molecule has 0 amide bonds. The maximum Gasteiger partial charge on any atom is 0.348 e. The van der Waals surface area contributed by atoms with Gasteiger partial charge in [-0.2, -0.15) is 4.98 Å². The second kappa shape index (κ2) is 9.62. The van der Waals surface area contributed by atoms with Gasteiger partial charge in [-0.25, -0.2) is 4.79 Å². The molecule has 1 heterocycles. The van der Waals surface area contributed by atoms with Crippen LogP contribution in [0.25, 0.3) is 0 Å². The van der Waals surface area contributed by atoms with E-state index in [1.54, 1.807) is 11.8 Å². The summed E-state index contributed by atoms with van der Waals surface area (Å²) in [5.41, 5.74) is 2.57. The van der Waals surface area contributed by atoms with Crippen molar-refractivity contribution in [3.63, 3.8) is 0 Å². The van der Waals surface area contributed by atoms with Gasteiger partial charge in [0, 0.05) is 24.3 Å². The van der Waals surface area contributed by atoms with Crippen LogP contribution in [0.1, 0.15) is 58.2 Å². The summed E-state index contributed by atoms with van der Waals surface area (Å²) >= 11 is 1.78. The zero-order valence-electron chi connectivity index (χ0n) is 15.8. The van der Waals surface area contributed by atoms with Gasteiger partial charge in [-0.15, -0.1) is 11.8 Å². The summed E-state index contributed by atoms with van der Waals surface area (Å²) in [7, 11) is 0. The Hall–Kier alpha value is -0.810. The Bertz CT molecular complexity index is 579. The van der Waals surface area contributed by atoms with Crippen molar-refractivity contribution < 1.29 is 0 Å². The molecule has 136 valence electrons. The van der Waals surface area contributed by atoms with Crippen molar-refractivity contribution in [3.05, 3.63) is 21.7 Å². The molecule has 5 heteroatoms. The SMILES string of the molecule is CCN(CC)CCn1c2c(c(SCCC(C)C)nc1=O)CCCC2. The van der Waals surface area contributed by atoms with Gasteiger partial charge in [0.15, 0.2) is 0 Å². The number of likely N-dealkylation sites (N-methyl/N-ethyl adjacent to an activating group) is 1. The third-order valence-electron chi connectivity index (χ3n) is 4.92. The zero-order valence-corrected chi connectivity index (χ0v) is 16.6. The number of thioether (sulfide) groups is 1. The molecule has 0 saturated heterocycles. The van der Waals surface area contributed by atoms with Gasteiger partial charge in [0.05, 0.1) is 0 Å². The normalized spacial score (nSPS) is 14.4. The average Bonchev–Trinajstić information content (AvgIpc) is 2.57. The molecule has 0 N–H and O–H groups in total. The van der Waals surface area contributed by atoms with Crippen LogP contribution in [0.3, 0.4) is 0 Å². The van der Waals surface area contributed by atoms with E-state index in [0.29, 0.717) is 5.92 Å². The van der Waals surface area contributed by atoms with E-state index in [2.05, 4.69) is 37.6 Å². The Balaban J connectivity index is 2.21. The summed E-state index contributed by atoms with van der Waals surface area (Å²) in [5, 5.41) is 1.01. The van der Waals surface area contributed by atoms with E-state index < -0.39 is 0 Å². The molecule has 0 unspecified atom stereocenters. The summed E-state index contributed by atoms with van der Waals surface area (Å²) < 4.78 is 1.96. The molecule has 0 atom stereocenters. The maximum absolute atomic E-state index is 12.6. The van der Waals surface area contributed by atoms with Crippen LogP contribution in [-0.4, -0.2) is 39.8 Å². The van der Waals surface area contributed by atoms with Crippen LogP contribution in [0.5, 0.6) is 0 Å². The monoisotopic (exact) mass is 351 g/mol. The van der Waals surface area contributed by atoms with E-state index in [4.69, 9.17) is 0 Å². The molecule has 1 aromatic rings. The molecule has 0 fully saturated rings. The van der Waals surface area contributed by atoms with Gasteiger partial charge in [0.1, 0.15) is 5.03 Å². The molecule has 0 aromatic carbocycles. The highest BCUT2D eigenvalue weighted by Crippen LogP contribution is 2.29. The zero-order chi connectivity index (χ0) is 17.5. The van der Waals surface area contributed by atoms with Crippen LogP contribution in [0.2, 0.25) is 0 Å². The van der Waals surface area contributed by atoms with Gasteiger partial charge in [-0.1, -0.05) is 27.7 Å². The molecule has 1 aromatic heterocycles. The lowest BCUT2D eigenvalue weighted by molar-refractivity contribution is 0.285. The molecule has 1 aliphatic carbocycles. The molecule has 24 heavy (non-hydrogen) atoms. The predicted octanol–water partition coefficient (Wildman–Crippen LogP) is 3.60. The number of hydrogen-bond donors (Lipinski definition) is 0. The number of aromatic nitrogens is 2. The van der Waals surface area contributed by atoms with Gasteiger partial charge in [0.25, 0.3) is 0 Å². The number of nitrogens with zero attached hydrogens (tertiary/aromatic N) is 3.